The summed E-state index contributed by atoms with van der Waals surface area (Å²) in [5.74, 6) is -0.244. The Hall–Kier alpha value is -0.610. The Balaban J connectivity index is 4.70. The van der Waals surface area contributed by atoms with Crippen molar-refractivity contribution in [1.82, 2.24) is 5.32 Å². The van der Waals surface area contributed by atoms with Gasteiger partial charge in [-0.25, -0.2) is 0 Å². The van der Waals surface area contributed by atoms with Crippen LogP contribution in [0.25, 0.3) is 0 Å². The first kappa shape index (κ1) is 16.4. The third-order valence-electron chi connectivity index (χ3n) is 3.21. The van der Waals surface area contributed by atoms with E-state index in [0.717, 1.165) is 6.42 Å². The highest BCUT2D eigenvalue weighted by Gasteiger charge is 2.38. The number of esters is 1. The zero-order chi connectivity index (χ0) is 13.7. The largest absolute Gasteiger partial charge is 0.465 e. The molecule has 0 bridgehead atoms. The van der Waals surface area contributed by atoms with E-state index in [0.29, 0.717) is 13.0 Å². The second-order valence-corrected chi connectivity index (χ2v) is 5.42. The van der Waals surface area contributed by atoms with E-state index in [2.05, 4.69) is 5.32 Å². The van der Waals surface area contributed by atoms with Crippen LogP contribution in [-0.4, -0.2) is 34.9 Å². The van der Waals surface area contributed by atoms with Crippen molar-refractivity contribution in [3.63, 3.8) is 0 Å². The summed E-state index contributed by atoms with van der Waals surface area (Å²) >= 11 is 0. The van der Waals surface area contributed by atoms with Gasteiger partial charge in [0.1, 0.15) is 6.04 Å². The van der Waals surface area contributed by atoms with Gasteiger partial charge in [0, 0.05) is 5.54 Å². The lowest BCUT2D eigenvalue weighted by atomic mass is 9.85. The van der Waals surface area contributed by atoms with Gasteiger partial charge in [-0.15, -0.1) is 0 Å². The highest BCUT2D eigenvalue weighted by Crippen LogP contribution is 2.22. The van der Waals surface area contributed by atoms with Gasteiger partial charge in [0.25, 0.3) is 0 Å². The van der Waals surface area contributed by atoms with Crippen molar-refractivity contribution >= 4 is 5.97 Å². The van der Waals surface area contributed by atoms with Gasteiger partial charge < -0.3 is 9.84 Å². The Morgan fingerprint density at radius 2 is 1.82 bits per heavy atom. The van der Waals surface area contributed by atoms with Crippen molar-refractivity contribution in [3.8, 4) is 0 Å². The molecule has 0 rings (SSSR count). The lowest BCUT2D eigenvalue weighted by molar-refractivity contribution is -0.147. The molecule has 0 aliphatic rings. The van der Waals surface area contributed by atoms with Gasteiger partial charge in [0.15, 0.2) is 0 Å². The van der Waals surface area contributed by atoms with Crippen molar-refractivity contribution in [1.29, 1.82) is 0 Å². The van der Waals surface area contributed by atoms with E-state index in [1.165, 1.54) is 0 Å². The molecule has 0 aliphatic heterocycles. The molecule has 1 unspecified atom stereocenters. The fourth-order valence-corrected chi connectivity index (χ4v) is 1.39. The van der Waals surface area contributed by atoms with Crippen LogP contribution in [0.1, 0.15) is 54.4 Å². The van der Waals surface area contributed by atoms with E-state index < -0.39 is 11.1 Å². The molecule has 0 heterocycles. The Morgan fingerprint density at radius 1 is 1.29 bits per heavy atom. The molecule has 17 heavy (non-hydrogen) atoms. The molecule has 0 amide bonds. The van der Waals surface area contributed by atoms with E-state index in [4.69, 9.17) is 4.74 Å². The molecule has 0 fully saturated rings. The fourth-order valence-electron chi connectivity index (χ4n) is 1.39. The standard InChI is InChI=1S/C13H27NO3/c1-7-9-10(11(15)17-8-2)14-12(3,4)13(5,6)16/h10,14,16H,7-9H2,1-6H3. The minimum Gasteiger partial charge on any atom is -0.465 e. The van der Waals surface area contributed by atoms with E-state index in [1.54, 1.807) is 20.8 Å². The smallest absolute Gasteiger partial charge is 0.323 e. The number of carbonyl (C=O) groups is 1. The van der Waals surface area contributed by atoms with Crippen LogP contribution in [0, 0.1) is 0 Å². The zero-order valence-electron chi connectivity index (χ0n) is 12.0. The normalized spacial score (nSPS) is 14.5. The highest BCUT2D eigenvalue weighted by atomic mass is 16.5. The van der Waals surface area contributed by atoms with Gasteiger partial charge in [0.05, 0.1) is 12.2 Å². The minimum absolute atomic E-state index is 0.244. The van der Waals surface area contributed by atoms with Crippen molar-refractivity contribution in [2.45, 2.75) is 71.6 Å². The summed E-state index contributed by atoms with van der Waals surface area (Å²) in [6.45, 7) is 11.4. The monoisotopic (exact) mass is 245 g/mol. The maximum absolute atomic E-state index is 11.8. The molecule has 1 atom stereocenters. The van der Waals surface area contributed by atoms with E-state index in [9.17, 15) is 9.90 Å². The summed E-state index contributed by atoms with van der Waals surface area (Å²) in [6.07, 6.45) is 1.59. The molecule has 0 aliphatic carbocycles. The SMILES string of the molecule is CCCC(NC(C)(C)C(C)(C)O)C(=O)OCC. The Kier molecular flexibility index (Phi) is 6.13. The number of rotatable bonds is 7. The number of hydrogen-bond donors (Lipinski definition) is 2. The van der Waals surface area contributed by atoms with E-state index in [1.807, 2.05) is 20.8 Å². The van der Waals surface area contributed by atoms with Crippen LogP contribution < -0.4 is 5.32 Å². The van der Waals surface area contributed by atoms with Crippen LogP contribution in [0.15, 0.2) is 0 Å². The summed E-state index contributed by atoms with van der Waals surface area (Å²) < 4.78 is 5.03. The molecule has 0 aromatic carbocycles. The number of aliphatic hydroxyl groups is 1. The van der Waals surface area contributed by atoms with Crippen LogP contribution >= 0.6 is 0 Å². The zero-order valence-corrected chi connectivity index (χ0v) is 12.0. The Bertz CT molecular complexity index is 244. The molecule has 0 aromatic heterocycles. The molecule has 0 saturated heterocycles. The summed E-state index contributed by atoms with van der Waals surface area (Å²) in [5.41, 5.74) is -1.47. The maximum atomic E-state index is 11.8. The van der Waals surface area contributed by atoms with Gasteiger partial charge in [-0.05, 0) is 41.0 Å². The first-order chi connectivity index (χ1) is 7.65. The minimum atomic E-state index is -0.911. The topological polar surface area (TPSA) is 58.6 Å². The summed E-state index contributed by atoms with van der Waals surface area (Å²) in [7, 11) is 0. The van der Waals surface area contributed by atoms with E-state index in [-0.39, 0.29) is 12.0 Å². The van der Waals surface area contributed by atoms with Crippen molar-refractivity contribution in [3.05, 3.63) is 0 Å². The van der Waals surface area contributed by atoms with Crippen LogP contribution in [0.4, 0.5) is 0 Å². The third-order valence-corrected chi connectivity index (χ3v) is 3.21. The molecule has 0 spiro atoms. The van der Waals surface area contributed by atoms with Crippen LogP contribution in [0.5, 0.6) is 0 Å². The molecule has 2 N–H and O–H groups in total. The molecular formula is C13H27NO3. The van der Waals surface area contributed by atoms with Gasteiger partial charge in [-0.3, -0.25) is 10.1 Å². The molecule has 0 radical (unpaired) electrons. The molecule has 102 valence electrons. The second kappa shape index (κ2) is 6.36. The Morgan fingerprint density at radius 3 is 2.18 bits per heavy atom. The quantitative estimate of drug-likeness (QED) is 0.672. The van der Waals surface area contributed by atoms with Crippen molar-refractivity contribution < 1.29 is 14.6 Å². The molecule has 0 aromatic rings. The van der Waals surface area contributed by atoms with Crippen molar-refractivity contribution in [2.24, 2.45) is 0 Å². The van der Waals surface area contributed by atoms with Gasteiger partial charge >= 0.3 is 5.97 Å². The predicted molar refractivity (Wildman–Crippen MR) is 68.8 cm³/mol. The summed E-state index contributed by atoms with van der Waals surface area (Å²) in [6, 6.07) is -0.360. The van der Waals surface area contributed by atoms with Gasteiger partial charge in [-0.1, -0.05) is 13.3 Å². The predicted octanol–water partition coefficient (Wildman–Crippen LogP) is 1.86. The van der Waals surface area contributed by atoms with Crippen molar-refractivity contribution in [2.75, 3.05) is 6.61 Å². The average molecular weight is 245 g/mol. The van der Waals surface area contributed by atoms with Gasteiger partial charge in [-0.2, -0.15) is 0 Å². The third kappa shape index (κ3) is 5.04. The number of nitrogens with one attached hydrogen (secondary N) is 1. The lowest BCUT2D eigenvalue weighted by Gasteiger charge is -2.40. The van der Waals surface area contributed by atoms with Crippen LogP contribution in [-0.2, 0) is 9.53 Å². The summed E-state index contributed by atoms with van der Waals surface area (Å²) in [5, 5.41) is 13.3. The number of ether oxygens (including phenoxy) is 1. The first-order valence-electron chi connectivity index (χ1n) is 6.32. The average Bonchev–Trinajstić information content (AvgIpc) is 2.15. The van der Waals surface area contributed by atoms with Crippen LogP contribution in [0.3, 0.4) is 0 Å². The number of carbonyl (C=O) groups excluding carboxylic acids is 1. The highest BCUT2D eigenvalue weighted by molar-refractivity contribution is 5.75. The van der Waals surface area contributed by atoms with Gasteiger partial charge in [0.2, 0.25) is 0 Å². The Labute approximate surface area is 105 Å². The maximum Gasteiger partial charge on any atom is 0.323 e. The lowest BCUT2D eigenvalue weighted by Crippen LogP contribution is -2.60. The molecular weight excluding hydrogens is 218 g/mol. The molecule has 4 nitrogen and oxygen atoms in total. The van der Waals surface area contributed by atoms with E-state index >= 15 is 0 Å². The fraction of sp³-hybridized carbons (Fsp3) is 0.923. The molecule has 0 saturated carbocycles. The molecule has 4 heteroatoms. The van der Waals surface area contributed by atoms with Crippen LogP contribution in [0.2, 0.25) is 0 Å². The first-order valence-corrected chi connectivity index (χ1v) is 6.32. The second-order valence-electron chi connectivity index (χ2n) is 5.42. The number of hydrogen-bond acceptors (Lipinski definition) is 4. The summed E-state index contributed by atoms with van der Waals surface area (Å²) in [4.78, 5) is 11.8.